The molecule has 1 atom stereocenters. The number of hydrogen-bond acceptors (Lipinski definition) is 6. The lowest BCUT2D eigenvalue weighted by Crippen LogP contribution is -2.31. The summed E-state index contributed by atoms with van der Waals surface area (Å²) in [6.45, 7) is 1.79. The Morgan fingerprint density at radius 2 is 1.81 bits per heavy atom. The quantitative estimate of drug-likeness (QED) is 0.157. The average molecular weight is 605 g/mol. The monoisotopic (exact) mass is 604 g/mol. The molecule has 0 unspecified atom stereocenters. The fourth-order valence-corrected chi connectivity index (χ4v) is 5.00. The van der Waals surface area contributed by atoms with Crippen LogP contribution in [0.2, 0.25) is 10.2 Å². The smallest absolute Gasteiger partial charge is 0.409 e. The third-order valence-electron chi connectivity index (χ3n) is 6.55. The Kier molecular flexibility index (Phi) is 8.80. The molecule has 0 fully saturated rings. The van der Waals surface area contributed by atoms with Crippen LogP contribution in [0.1, 0.15) is 35.2 Å². The number of amides is 2. The number of aromatic nitrogens is 6. The first kappa shape index (κ1) is 28.8. The lowest BCUT2D eigenvalue weighted by molar-refractivity contribution is -0.121. The van der Waals surface area contributed by atoms with Crippen molar-refractivity contribution in [3.8, 4) is 16.9 Å². The molecule has 3 aromatic carbocycles. The highest BCUT2D eigenvalue weighted by atomic mass is 35.5. The number of nitrogens with one attached hydrogen (secondary N) is 3. The molecule has 0 saturated carbocycles. The van der Waals surface area contributed by atoms with Crippen molar-refractivity contribution in [2.45, 2.75) is 32.2 Å². The van der Waals surface area contributed by atoms with Crippen LogP contribution in [0.5, 0.6) is 0 Å². The van der Waals surface area contributed by atoms with Gasteiger partial charge in [0.1, 0.15) is 16.7 Å². The Labute approximate surface area is 250 Å². The third kappa shape index (κ3) is 6.93. The molecule has 0 spiro atoms. The van der Waals surface area contributed by atoms with Crippen molar-refractivity contribution in [2.75, 3.05) is 5.32 Å². The van der Waals surface area contributed by atoms with E-state index in [1.54, 1.807) is 41.9 Å². The van der Waals surface area contributed by atoms with Gasteiger partial charge in [-0.1, -0.05) is 65.7 Å². The molecule has 5 aromatic rings. The molecule has 0 radical (unpaired) electrons. The predicted octanol–water partition coefficient (Wildman–Crippen LogP) is 5.79. The highest BCUT2D eigenvalue weighted by Crippen LogP contribution is 2.30. The summed E-state index contributed by atoms with van der Waals surface area (Å²) in [5.74, 6) is 0.922. The molecule has 2 amide bonds. The van der Waals surface area contributed by atoms with Crippen LogP contribution >= 0.6 is 23.2 Å². The first-order chi connectivity index (χ1) is 20.3. The Morgan fingerprint density at radius 1 is 1.05 bits per heavy atom. The number of hydrogen-bond donors (Lipinski definition) is 4. The summed E-state index contributed by atoms with van der Waals surface area (Å²) in [5.41, 5.74) is 4.19. The molecule has 214 valence electrons. The van der Waals surface area contributed by atoms with Crippen LogP contribution in [0.25, 0.3) is 16.9 Å². The van der Waals surface area contributed by atoms with E-state index in [9.17, 15) is 9.59 Å². The molecule has 2 aromatic heterocycles. The Bertz CT molecular complexity index is 1700. The average Bonchev–Trinajstić information content (AvgIpc) is 3.57. The SMILES string of the molecule is Cc1nnnn1-c1ccc(Cl)cc1CCC(=O)N[C@@H](Cc1ccccc1)c1nc(-c2ccc(NC(=O)O)cc2)c(Cl)[nH]1. The maximum absolute atomic E-state index is 13.3. The number of aromatic amines is 1. The molecular formula is C29H26Cl2N8O3. The van der Waals surface area contributed by atoms with E-state index in [0.29, 0.717) is 51.6 Å². The van der Waals surface area contributed by atoms with Crippen LogP contribution in [-0.2, 0) is 17.6 Å². The molecule has 42 heavy (non-hydrogen) atoms. The Balaban J connectivity index is 1.36. The number of aryl methyl sites for hydroxylation is 2. The summed E-state index contributed by atoms with van der Waals surface area (Å²) in [6, 6.07) is 21.3. The molecule has 0 saturated heterocycles. The first-order valence-corrected chi connectivity index (χ1v) is 13.8. The number of rotatable bonds is 10. The van der Waals surface area contributed by atoms with Crippen molar-refractivity contribution in [1.29, 1.82) is 0 Å². The lowest BCUT2D eigenvalue weighted by atomic mass is 10.0. The number of carboxylic acid groups (broad SMARTS) is 1. The van der Waals surface area contributed by atoms with Crippen LogP contribution in [0, 0.1) is 6.92 Å². The minimum atomic E-state index is -1.15. The fourth-order valence-electron chi connectivity index (χ4n) is 4.56. The van der Waals surface area contributed by atoms with Crippen molar-refractivity contribution in [1.82, 2.24) is 35.5 Å². The van der Waals surface area contributed by atoms with Crippen LogP contribution < -0.4 is 10.6 Å². The summed E-state index contributed by atoms with van der Waals surface area (Å²) in [6.07, 6.45) is -0.0951. The number of benzene rings is 3. The minimum absolute atomic E-state index is 0.180. The van der Waals surface area contributed by atoms with Crippen LogP contribution in [-0.4, -0.2) is 47.3 Å². The zero-order valence-electron chi connectivity index (χ0n) is 22.4. The van der Waals surface area contributed by atoms with Gasteiger partial charge in [-0.3, -0.25) is 10.1 Å². The van der Waals surface area contributed by atoms with Gasteiger partial charge in [0, 0.05) is 22.7 Å². The largest absolute Gasteiger partial charge is 0.465 e. The summed E-state index contributed by atoms with van der Waals surface area (Å²) in [5, 5.41) is 26.9. The van der Waals surface area contributed by atoms with E-state index in [1.165, 1.54) is 0 Å². The maximum Gasteiger partial charge on any atom is 0.409 e. The zero-order valence-corrected chi connectivity index (χ0v) is 23.9. The lowest BCUT2D eigenvalue weighted by Gasteiger charge is -2.17. The highest BCUT2D eigenvalue weighted by Gasteiger charge is 2.22. The molecule has 0 bridgehead atoms. The normalized spacial score (nSPS) is 11.7. The van der Waals surface area contributed by atoms with E-state index >= 15 is 0 Å². The fraction of sp³-hybridized carbons (Fsp3) is 0.172. The van der Waals surface area contributed by atoms with Gasteiger partial charge >= 0.3 is 6.09 Å². The molecule has 2 heterocycles. The molecule has 4 N–H and O–H groups in total. The van der Waals surface area contributed by atoms with Gasteiger partial charge in [-0.2, -0.15) is 4.68 Å². The number of carbonyl (C=O) groups is 2. The Morgan fingerprint density at radius 3 is 2.50 bits per heavy atom. The van der Waals surface area contributed by atoms with Crippen molar-refractivity contribution < 1.29 is 14.7 Å². The number of carbonyl (C=O) groups excluding carboxylic acids is 1. The number of nitrogens with zero attached hydrogens (tertiary/aromatic N) is 5. The molecule has 0 aliphatic rings. The van der Waals surface area contributed by atoms with Gasteiger partial charge in [0.15, 0.2) is 5.82 Å². The van der Waals surface area contributed by atoms with Crippen LogP contribution in [0.3, 0.4) is 0 Å². The summed E-state index contributed by atoms with van der Waals surface area (Å²) in [4.78, 5) is 32.1. The van der Waals surface area contributed by atoms with Gasteiger partial charge in [-0.15, -0.1) is 5.10 Å². The van der Waals surface area contributed by atoms with Gasteiger partial charge in [-0.25, -0.2) is 9.78 Å². The van der Waals surface area contributed by atoms with Crippen molar-refractivity contribution in [2.24, 2.45) is 0 Å². The van der Waals surface area contributed by atoms with Gasteiger partial charge in [-0.05, 0) is 71.7 Å². The number of H-pyrrole nitrogens is 1. The molecule has 5 rings (SSSR count). The molecule has 11 nitrogen and oxygen atoms in total. The topological polar surface area (TPSA) is 151 Å². The summed E-state index contributed by atoms with van der Waals surface area (Å²) < 4.78 is 1.61. The predicted molar refractivity (Wildman–Crippen MR) is 159 cm³/mol. The minimum Gasteiger partial charge on any atom is -0.465 e. The molecule has 13 heteroatoms. The van der Waals surface area contributed by atoms with Crippen LogP contribution in [0.4, 0.5) is 10.5 Å². The van der Waals surface area contributed by atoms with Crippen LogP contribution in [0.15, 0.2) is 72.8 Å². The van der Waals surface area contributed by atoms with E-state index in [1.807, 2.05) is 42.5 Å². The van der Waals surface area contributed by atoms with Crippen molar-refractivity contribution in [3.05, 3.63) is 106 Å². The molecule has 0 aliphatic heterocycles. The van der Waals surface area contributed by atoms with Gasteiger partial charge in [0.25, 0.3) is 0 Å². The summed E-state index contributed by atoms with van der Waals surface area (Å²) >= 11 is 12.8. The zero-order chi connectivity index (χ0) is 29.6. The second-order valence-electron chi connectivity index (χ2n) is 9.51. The van der Waals surface area contributed by atoms with E-state index in [4.69, 9.17) is 33.3 Å². The van der Waals surface area contributed by atoms with E-state index in [-0.39, 0.29) is 12.3 Å². The first-order valence-electron chi connectivity index (χ1n) is 13.0. The van der Waals surface area contributed by atoms with E-state index in [2.05, 4.69) is 31.1 Å². The third-order valence-corrected chi connectivity index (χ3v) is 7.06. The second kappa shape index (κ2) is 12.8. The van der Waals surface area contributed by atoms with Gasteiger partial charge < -0.3 is 15.4 Å². The van der Waals surface area contributed by atoms with Crippen molar-refractivity contribution >= 4 is 40.9 Å². The van der Waals surface area contributed by atoms with E-state index < -0.39 is 12.1 Å². The van der Waals surface area contributed by atoms with Crippen molar-refractivity contribution in [3.63, 3.8) is 0 Å². The Hall–Kier alpha value is -4.74. The number of halogens is 2. The standard InChI is InChI=1S/C29H26Cl2N8O3/c1-17-36-37-38-39(17)24-13-10-21(30)16-20(24)9-14-25(40)33-23(15-18-5-3-2-4-6-18)28-34-26(27(31)35-28)19-7-11-22(12-8-19)32-29(41)42/h2-8,10-13,16,23,32H,9,14-15H2,1H3,(H,33,40)(H,34,35)(H,41,42)/t23-/m0/s1. The molecular weight excluding hydrogens is 579 g/mol. The second-order valence-corrected chi connectivity index (χ2v) is 10.3. The number of imidazole rings is 1. The number of anilines is 1. The van der Waals surface area contributed by atoms with Gasteiger partial charge in [0.2, 0.25) is 5.91 Å². The summed E-state index contributed by atoms with van der Waals surface area (Å²) in [7, 11) is 0. The number of tetrazole rings is 1. The highest BCUT2D eigenvalue weighted by molar-refractivity contribution is 6.32. The molecule has 0 aliphatic carbocycles. The van der Waals surface area contributed by atoms with E-state index in [0.717, 1.165) is 16.8 Å². The maximum atomic E-state index is 13.3. The van der Waals surface area contributed by atoms with Gasteiger partial charge in [0.05, 0.1) is 11.7 Å².